The largest absolute Gasteiger partial charge is 0.452 e. The molecule has 8 heteroatoms. The van der Waals surface area contributed by atoms with Gasteiger partial charge in [-0.25, -0.2) is 9.52 Å². The molecule has 1 unspecified atom stereocenters. The first-order chi connectivity index (χ1) is 9.88. The summed E-state index contributed by atoms with van der Waals surface area (Å²) in [7, 11) is -2.92. The first kappa shape index (κ1) is 17.0. The fourth-order valence-corrected chi connectivity index (χ4v) is 2.48. The molecule has 0 bridgehead atoms. The fraction of sp³-hybridized carbons (Fsp3) is 0.308. The number of hydrogen-bond acceptors (Lipinski definition) is 5. The lowest BCUT2D eigenvalue weighted by Gasteiger charge is -2.14. The molecule has 0 aliphatic rings. The van der Waals surface area contributed by atoms with E-state index >= 15 is 0 Å². The van der Waals surface area contributed by atoms with Crippen molar-refractivity contribution >= 4 is 16.3 Å². The van der Waals surface area contributed by atoms with Gasteiger partial charge in [0.1, 0.15) is 0 Å². The van der Waals surface area contributed by atoms with E-state index < -0.39 is 22.3 Å². The van der Waals surface area contributed by atoms with E-state index in [-0.39, 0.29) is 6.54 Å². The Morgan fingerprint density at radius 2 is 2.19 bits per heavy atom. The fourth-order valence-electron chi connectivity index (χ4n) is 1.52. The Morgan fingerprint density at radius 1 is 1.48 bits per heavy atom. The van der Waals surface area contributed by atoms with Gasteiger partial charge in [-0.1, -0.05) is 24.0 Å². The number of ether oxygens (including phenoxy) is 1. The zero-order chi connectivity index (χ0) is 15.9. The maximum absolute atomic E-state index is 11.7. The summed E-state index contributed by atoms with van der Waals surface area (Å²) in [5, 5.41) is 0. The van der Waals surface area contributed by atoms with Crippen LogP contribution in [0.2, 0.25) is 0 Å². The number of methoxy groups -OCH3 is 1. The Bertz CT molecular complexity index is 661. The van der Waals surface area contributed by atoms with E-state index in [0.29, 0.717) is 5.56 Å². The van der Waals surface area contributed by atoms with Crippen LogP contribution in [0.15, 0.2) is 24.3 Å². The molecular weight excluding hydrogens is 294 g/mol. The SMILES string of the molecule is COC(=O)NS(=O)(=O)NC(C)c1cccc(C#CCN)c1. The van der Waals surface area contributed by atoms with Gasteiger partial charge in [0.25, 0.3) is 0 Å². The zero-order valence-corrected chi connectivity index (χ0v) is 12.5. The average molecular weight is 311 g/mol. The average Bonchev–Trinajstić information content (AvgIpc) is 2.44. The predicted octanol–water partition coefficient (Wildman–Crippen LogP) is 0.248. The Hall–Kier alpha value is -2.08. The normalized spacial score (nSPS) is 12.0. The number of rotatable bonds is 4. The third-order valence-electron chi connectivity index (χ3n) is 2.46. The molecule has 1 aromatic rings. The predicted molar refractivity (Wildman–Crippen MR) is 78.4 cm³/mol. The van der Waals surface area contributed by atoms with E-state index in [1.807, 2.05) is 0 Å². The third kappa shape index (κ3) is 5.83. The standard InChI is InChI=1S/C13H17N3O4S/c1-10(15-21(18,19)16-13(17)20-2)12-7-3-5-11(9-12)6-4-8-14/h3,5,7,9-10,15H,8,14H2,1-2H3,(H,16,17). The lowest BCUT2D eigenvalue weighted by molar-refractivity contribution is 0.177. The highest BCUT2D eigenvalue weighted by Crippen LogP contribution is 2.14. The van der Waals surface area contributed by atoms with Gasteiger partial charge >= 0.3 is 16.3 Å². The number of carbonyl (C=O) groups excluding carboxylic acids is 1. The number of carbonyl (C=O) groups is 1. The maximum atomic E-state index is 11.7. The molecule has 0 fully saturated rings. The minimum atomic E-state index is -4.00. The van der Waals surface area contributed by atoms with Gasteiger partial charge in [-0.15, -0.1) is 0 Å². The number of benzene rings is 1. The van der Waals surface area contributed by atoms with E-state index in [2.05, 4.69) is 21.3 Å². The molecule has 1 rings (SSSR count). The zero-order valence-electron chi connectivity index (χ0n) is 11.7. The van der Waals surface area contributed by atoms with Gasteiger partial charge in [0.05, 0.1) is 13.7 Å². The van der Waals surface area contributed by atoms with Crippen LogP contribution < -0.4 is 15.2 Å². The molecule has 1 aromatic carbocycles. The lowest BCUT2D eigenvalue weighted by atomic mass is 10.1. The molecule has 21 heavy (non-hydrogen) atoms. The molecule has 1 atom stereocenters. The van der Waals surface area contributed by atoms with Gasteiger partial charge in [-0.05, 0) is 24.6 Å². The molecule has 4 N–H and O–H groups in total. The molecule has 0 saturated carbocycles. The summed E-state index contributed by atoms with van der Waals surface area (Å²) >= 11 is 0. The van der Waals surface area contributed by atoms with Gasteiger partial charge in [-0.3, -0.25) is 0 Å². The minimum absolute atomic E-state index is 0.245. The smallest absolute Gasteiger partial charge is 0.421 e. The molecule has 0 heterocycles. The summed E-state index contributed by atoms with van der Waals surface area (Å²) in [6.45, 7) is 1.89. The quantitative estimate of drug-likeness (QED) is 0.690. The van der Waals surface area contributed by atoms with E-state index in [1.54, 1.807) is 35.9 Å². The summed E-state index contributed by atoms with van der Waals surface area (Å²) in [6, 6.07) is 6.49. The highest BCUT2D eigenvalue weighted by atomic mass is 32.2. The summed E-state index contributed by atoms with van der Waals surface area (Å²) in [4.78, 5) is 10.9. The van der Waals surface area contributed by atoms with Crippen molar-refractivity contribution in [3.8, 4) is 11.8 Å². The Balaban J connectivity index is 2.84. The molecule has 0 radical (unpaired) electrons. The Kier molecular flexibility index (Phi) is 6.17. The number of nitrogens with two attached hydrogens (primary N) is 1. The second-order valence-corrected chi connectivity index (χ2v) is 5.51. The van der Waals surface area contributed by atoms with Crippen molar-refractivity contribution in [1.82, 2.24) is 9.44 Å². The Morgan fingerprint density at radius 3 is 2.81 bits per heavy atom. The van der Waals surface area contributed by atoms with Crippen LogP contribution >= 0.6 is 0 Å². The molecule has 0 aromatic heterocycles. The van der Waals surface area contributed by atoms with Crippen LogP contribution in [-0.2, 0) is 14.9 Å². The highest BCUT2D eigenvalue weighted by molar-refractivity contribution is 7.88. The first-order valence-electron chi connectivity index (χ1n) is 6.05. The second-order valence-electron chi connectivity index (χ2n) is 4.07. The van der Waals surface area contributed by atoms with Crippen molar-refractivity contribution in [3.63, 3.8) is 0 Å². The summed E-state index contributed by atoms with van der Waals surface area (Å²) in [6.07, 6.45) is -1.06. The molecule has 0 spiro atoms. The molecule has 7 nitrogen and oxygen atoms in total. The van der Waals surface area contributed by atoms with E-state index in [0.717, 1.165) is 12.7 Å². The number of amides is 1. The third-order valence-corrected chi connectivity index (χ3v) is 3.56. The van der Waals surface area contributed by atoms with E-state index in [4.69, 9.17) is 5.73 Å². The molecule has 1 amide bonds. The van der Waals surface area contributed by atoms with Gasteiger partial charge in [0.15, 0.2) is 0 Å². The van der Waals surface area contributed by atoms with Crippen LogP contribution in [0.25, 0.3) is 0 Å². The van der Waals surface area contributed by atoms with Crippen LogP contribution in [0.4, 0.5) is 4.79 Å². The van der Waals surface area contributed by atoms with Gasteiger partial charge in [0, 0.05) is 11.6 Å². The monoisotopic (exact) mass is 311 g/mol. The first-order valence-corrected chi connectivity index (χ1v) is 7.53. The second kappa shape index (κ2) is 7.64. The molecular formula is C13H17N3O4S. The van der Waals surface area contributed by atoms with Gasteiger partial charge in [-0.2, -0.15) is 13.1 Å². The van der Waals surface area contributed by atoms with Gasteiger partial charge < -0.3 is 10.5 Å². The van der Waals surface area contributed by atoms with E-state index in [1.165, 1.54) is 0 Å². The van der Waals surface area contributed by atoms with Crippen molar-refractivity contribution in [1.29, 1.82) is 0 Å². The Labute approximate surface area is 124 Å². The summed E-state index contributed by atoms with van der Waals surface area (Å²) in [5.41, 5.74) is 6.73. The minimum Gasteiger partial charge on any atom is -0.452 e. The molecule has 0 aliphatic heterocycles. The maximum Gasteiger partial charge on any atom is 0.421 e. The van der Waals surface area contributed by atoms with Crippen molar-refractivity contribution in [2.24, 2.45) is 5.73 Å². The molecule has 0 saturated heterocycles. The van der Waals surface area contributed by atoms with Crippen LogP contribution in [-0.4, -0.2) is 28.2 Å². The van der Waals surface area contributed by atoms with Crippen molar-refractivity contribution in [3.05, 3.63) is 35.4 Å². The van der Waals surface area contributed by atoms with Gasteiger partial charge in [0.2, 0.25) is 0 Å². The number of hydrogen-bond donors (Lipinski definition) is 3. The van der Waals surface area contributed by atoms with Crippen molar-refractivity contribution in [2.75, 3.05) is 13.7 Å². The molecule has 114 valence electrons. The van der Waals surface area contributed by atoms with Crippen LogP contribution in [0, 0.1) is 11.8 Å². The van der Waals surface area contributed by atoms with Crippen LogP contribution in [0.1, 0.15) is 24.1 Å². The number of nitrogens with one attached hydrogen (secondary N) is 2. The summed E-state index contributed by atoms with van der Waals surface area (Å²) < 4.78 is 31.6. The van der Waals surface area contributed by atoms with E-state index in [9.17, 15) is 13.2 Å². The highest BCUT2D eigenvalue weighted by Gasteiger charge is 2.18. The van der Waals surface area contributed by atoms with Crippen LogP contribution in [0.5, 0.6) is 0 Å². The van der Waals surface area contributed by atoms with Crippen molar-refractivity contribution in [2.45, 2.75) is 13.0 Å². The topological polar surface area (TPSA) is 111 Å². The van der Waals surface area contributed by atoms with Crippen molar-refractivity contribution < 1.29 is 17.9 Å². The lowest BCUT2D eigenvalue weighted by Crippen LogP contribution is -2.41. The summed E-state index contributed by atoms with van der Waals surface area (Å²) in [5.74, 6) is 5.58. The van der Waals surface area contributed by atoms with Crippen LogP contribution in [0.3, 0.4) is 0 Å². The molecule has 0 aliphatic carbocycles.